The Morgan fingerprint density at radius 3 is 2.27 bits per heavy atom. The van der Waals surface area contributed by atoms with Crippen LogP contribution in [0.4, 0.5) is 0 Å². The van der Waals surface area contributed by atoms with E-state index in [2.05, 4.69) is 6.58 Å². The summed E-state index contributed by atoms with van der Waals surface area (Å²) in [6.07, 6.45) is 1.25. The van der Waals surface area contributed by atoms with Crippen LogP contribution >= 0.6 is 0 Å². The maximum absolute atomic E-state index is 11.0. The molecule has 0 radical (unpaired) electrons. The van der Waals surface area contributed by atoms with E-state index in [1.165, 1.54) is 0 Å². The van der Waals surface area contributed by atoms with Crippen molar-refractivity contribution in [1.29, 1.82) is 0 Å². The zero-order valence-electron chi connectivity index (χ0n) is 10.7. The smallest absolute Gasteiger partial charge is 1.00 e. The van der Waals surface area contributed by atoms with Gasteiger partial charge in [0, 0.05) is 12.6 Å². The third-order valence-electron chi connectivity index (χ3n) is 1.97. The van der Waals surface area contributed by atoms with Gasteiger partial charge in [-0.2, -0.15) is 0 Å². The fraction of sp³-hybridized carbons (Fsp3) is 0.667. The first-order valence-corrected chi connectivity index (χ1v) is 4.52. The number of carboxylic acid groups (broad SMARTS) is 1. The van der Waals surface area contributed by atoms with Crippen LogP contribution in [0.1, 0.15) is 15.3 Å². The average Bonchev–Trinajstić information content (AvgIpc) is 2.01. The van der Waals surface area contributed by atoms with Crippen molar-refractivity contribution in [1.82, 2.24) is 4.90 Å². The Kier molecular flexibility index (Phi) is 9.63. The Bertz CT molecular complexity index is 215. The van der Waals surface area contributed by atoms with E-state index in [4.69, 9.17) is 16.6 Å². The molecule has 84 valence electrons. The first kappa shape index (κ1) is 17.5. The largest absolute Gasteiger partial charge is 1.00 e. The van der Waals surface area contributed by atoms with Crippen LogP contribution in [0.5, 0.6) is 0 Å². The number of rotatable bonds is 6. The van der Waals surface area contributed by atoms with Crippen molar-refractivity contribution in [2.75, 3.05) is 6.54 Å². The van der Waals surface area contributed by atoms with E-state index >= 15 is 0 Å². The van der Waals surface area contributed by atoms with Gasteiger partial charge >= 0.3 is 35.5 Å². The molecule has 0 aliphatic carbocycles. The summed E-state index contributed by atoms with van der Waals surface area (Å²) in [5.41, 5.74) is 11.3. The summed E-state index contributed by atoms with van der Waals surface area (Å²) in [4.78, 5) is 12.5. The predicted octanol–water partition coefficient (Wildman–Crippen LogP) is -3.30. The molecule has 0 aliphatic rings. The minimum atomic E-state index is -0.959. The van der Waals surface area contributed by atoms with Crippen LogP contribution in [0.3, 0.4) is 0 Å². The Balaban J connectivity index is -0.000000845. The molecule has 0 amide bonds. The number of hydrogen-bond acceptors (Lipinski definition) is 4. The summed E-state index contributed by atoms with van der Waals surface area (Å²) in [6.45, 7) is 7.34. The Labute approximate surface area is 114 Å². The normalized spacial score (nSPS) is 16.3. The van der Waals surface area contributed by atoms with Crippen LogP contribution in [-0.2, 0) is 4.79 Å². The first-order chi connectivity index (χ1) is 6.41. The minimum absolute atomic E-state index is 0. The maximum Gasteiger partial charge on any atom is 1.00 e. The van der Waals surface area contributed by atoms with Gasteiger partial charge in [-0.3, -0.25) is 9.69 Å². The topological polar surface area (TPSA) is 92.6 Å². The van der Waals surface area contributed by atoms with Gasteiger partial charge in [0.05, 0.1) is 6.17 Å². The van der Waals surface area contributed by atoms with Gasteiger partial charge in [-0.1, -0.05) is 6.08 Å². The van der Waals surface area contributed by atoms with Crippen LogP contribution in [0, 0.1) is 0 Å². The van der Waals surface area contributed by atoms with E-state index in [-0.39, 0.29) is 37.1 Å². The Morgan fingerprint density at radius 1 is 1.60 bits per heavy atom. The molecule has 0 saturated heterocycles. The standard InChI is InChI=1S/C9H19N3O2.Na.H/c1-4-5-12(7(3)11)8(6(2)10)9(13)14;;/h4,6-8H,1,5,10-11H2,2-3H3,(H,13,14);;/q;+1;-1. The molecule has 5 N–H and O–H groups in total. The number of nitrogens with zero attached hydrogens (tertiary/aromatic N) is 1. The zero-order chi connectivity index (χ0) is 11.3. The Hall–Kier alpha value is 0.0900. The van der Waals surface area contributed by atoms with Crippen molar-refractivity contribution in [2.45, 2.75) is 32.1 Å². The van der Waals surface area contributed by atoms with Crippen LogP contribution in [0.2, 0.25) is 0 Å². The molecule has 6 heteroatoms. The molecule has 5 nitrogen and oxygen atoms in total. The second-order valence-electron chi connectivity index (χ2n) is 3.37. The van der Waals surface area contributed by atoms with Gasteiger partial charge in [0.15, 0.2) is 0 Å². The van der Waals surface area contributed by atoms with Gasteiger partial charge in [-0.15, -0.1) is 6.58 Å². The SMILES string of the molecule is C=CCN(C(C)N)C(C(=O)O)C(C)N.[H-].[Na+]. The molecule has 0 spiro atoms. The van der Waals surface area contributed by atoms with E-state index < -0.39 is 18.1 Å². The molecule has 0 bridgehead atoms. The third-order valence-corrected chi connectivity index (χ3v) is 1.97. The second-order valence-corrected chi connectivity index (χ2v) is 3.37. The third kappa shape index (κ3) is 5.65. The number of carbonyl (C=O) groups is 1. The van der Waals surface area contributed by atoms with E-state index in [1.807, 2.05) is 0 Å². The first-order valence-electron chi connectivity index (χ1n) is 4.52. The molecule has 3 atom stereocenters. The quantitative estimate of drug-likeness (QED) is 0.250. The number of aliphatic carboxylic acids is 1. The van der Waals surface area contributed by atoms with E-state index in [0.717, 1.165) is 0 Å². The van der Waals surface area contributed by atoms with Gasteiger partial charge in [0.25, 0.3) is 0 Å². The number of nitrogens with two attached hydrogens (primary N) is 2. The van der Waals surface area contributed by atoms with E-state index in [0.29, 0.717) is 6.54 Å². The second kappa shape index (κ2) is 8.27. The van der Waals surface area contributed by atoms with Crippen molar-refractivity contribution in [3.05, 3.63) is 12.7 Å². The van der Waals surface area contributed by atoms with Crippen LogP contribution < -0.4 is 41.0 Å². The van der Waals surface area contributed by atoms with Crippen molar-refractivity contribution >= 4 is 5.97 Å². The van der Waals surface area contributed by atoms with Gasteiger partial charge < -0.3 is 18.0 Å². The molecule has 3 unspecified atom stereocenters. The zero-order valence-corrected chi connectivity index (χ0v) is 11.7. The summed E-state index contributed by atoms with van der Waals surface area (Å²) >= 11 is 0. The molecule has 0 fully saturated rings. The predicted molar refractivity (Wildman–Crippen MR) is 56.7 cm³/mol. The molecule has 0 aromatic rings. The Morgan fingerprint density at radius 2 is 2.07 bits per heavy atom. The van der Waals surface area contributed by atoms with Crippen LogP contribution in [0.15, 0.2) is 12.7 Å². The van der Waals surface area contributed by atoms with E-state index in [9.17, 15) is 4.79 Å². The van der Waals surface area contributed by atoms with Crippen molar-refractivity contribution < 1.29 is 40.9 Å². The van der Waals surface area contributed by atoms with Gasteiger partial charge in [-0.25, -0.2) is 0 Å². The fourth-order valence-corrected chi connectivity index (χ4v) is 1.35. The monoisotopic (exact) mass is 225 g/mol. The molecule has 0 aromatic heterocycles. The van der Waals surface area contributed by atoms with Crippen molar-refractivity contribution in [3.8, 4) is 0 Å². The van der Waals surface area contributed by atoms with Gasteiger partial charge in [0.1, 0.15) is 6.04 Å². The van der Waals surface area contributed by atoms with Crippen molar-refractivity contribution in [3.63, 3.8) is 0 Å². The molecule has 0 aliphatic heterocycles. The summed E-state index contributed by atoms with van der Waals surface area (Å²) in [6, 6.07) is -1.24. The number of hydrogen-bond donors (Lipinski definition) is 3. The van der Waals surface area contributed by atoms with Crippen LogP contribution in [-0.4, -0.2) is 40.8 Å². The van der Waals surface area contributed by atoms with Gasteiger partial charge in [-0.05, 0) is 13.8 Å². The van der Waals surface area contributed by atoms with Gasteiger partial charge in [0.2, 0.25) is 0 Å². The molecular weight excluding hydrogens is 205 g/mol. The molecule has 0 aromatic carbocycles. The maximum atomic E-state index is 11.0. The summed E-state index contributed by atoms with van der Waals surface area (Å²) in [5.74, 6) is -0.959. The summed E-state index contributed by atoms with van der Waals surface area (Å²) in [5, 5.41) is 8.98. The molecular formula is C9H20N3NaO2. The minimum Gasteiger partial charge on any atom is -1.00 e. The molecule has 0 saturated carbocycles. The molecule has 0 heterocycles. The summed E-state index contributed by atoms with van der Waals surface area (Å²) in [7, 11) is 0. The molecule has 0 rings (SSSR count). The van der Waals surface area contributed by atoms with Crippen molar-refractivity contribution in [2.24, 2.45) is 11.5 Å². The summed E-state index contributed by atoms with van der Waals surface area (Å²) < 4.78 is 0. The fourth-order valence-electron chi connectivity index (χ4n) is 1.35. The average molecular weight is 225 g/mol. The van der Waals surface area contributed by atoms with E-state index in [1.54, 1.807) is 24.8 Å². The van der Waals surface area contributed by atoms with Crippen LogP contribution in [0.25, 0.3) is 0 Å². The number of carboxylic acids is 1. The molecule has 15 heavy (non-hydrogen) atoms.